The Labute approximate surface area is 138 Å². The standard InChI is InChI=1S/C19H25N3O/c1-15-8-10-17(11-9-15)21(2)19(23)12-16-13-20-22(14-16)18-6-4-3-5-7-18/h3-7,13-15,17H,8-12H2,1-2H3. The molecule has 1 amide bonds. The van der Waals surface area contributed by atoms with Crippen molar-refractivity contribution in [3.05, 3.63) is 48.3 Å². The topological polar surface area (TPSA) is 38.1 Å². The summed E-state index contributed by atoms with van der Waals surface area (Å²) in [5, 5.41) is 4.37. The van der Waals surface area contributed by atoms with Crippen LogP contribution in [0.4, 0.5) is 0 Å². The fraction of sp³-hybridized carbons (Fsp3) is 0.474. The number of hydrogen-bond acceptors (Lipinski definition) is 2. The zero-order valence-corrected chi connectivity index (χ0v) is 14.0. The Bertz CT molecular complexity index is 642. The number of aromatic nitrogens is 2. The van der Waals surface area contributed by atoms with Gasteiger partial charge in [0.1, 0.15) is 0 Å². The van der Waals surface area contributed by atoms with Crippen LogP contribution in [0, 0.1) is 5.92 Å². The van der Waals surface area contributed by atoms with Crippen LogP contribution in [-0.2, 0) is 11.2 Å². The van der Waals surface area contributed by atoms with Gasteiger partial charge in [0, 0.05) is 19.3 Å². The van der Waals surface area contributed by atoms with Crippen molar-refractivity contribution in [3.63, 3.8) is 0 Å². The number of benzene rings is 1. The van der Waals surface area contributed by atoms with Crippen LogP contribution < -0.4 is 0 Å². The maximum atomic E-state index is 12.5. The first kappa shape index (κ1) is 15.8. The zero-order valence-electron chi connectivity index (χ0n) is 14.0. The quantitative estimate of drug-likeness (QED) is 0.867. The Morgan fingerprint density at radius 1 is 1.22 bits per heavy atom. The van der Waals surface area contributed by atoms with Gasteiger partial charge in [-0.05, 0) is 49.3 Å². The Morgan fingerprint density at radius 3 is 2.61 bits per heavy atom. The lowest BCUT2D eigenvalue weighted by atomic mass is 9.86. The molecular weight excluding hydrogens is 286 g/mol. The van der Waals surface area contributed by atoms with Gasteiger partial charge in [-0.25, -0.2) is 4.68 Å². The largest absolute Gasteiger partial charge is 0.342 e. The lowest BCUT2D eigenvalue weighted by molar-refractivity contribution is -0.132. The summed E-state index contributed by atoms with van der Waals surface area (Å²) in [6, 6.07) is 10.4. The van der Waals surface area contributed by atoms with Crippen molar-refractivity contribution < 1.29 is 4.79 Å². The minimum absolute atomic E-state index is 0.192. The van der Waals surface area contributed by atoms with E-state index in [1.165, 1.54) is 12.8 Å². The monoisotopic (exact) mass is 311 g/mol. The van der Waals surface area contributed by atoms with Gasteiger partial charge in [0.05, 0.1) is 18.3 Å². The van der Waals surface area contributed by atoms with Gasteiger partial charge in [0.15, 0.2) is 0 Å². The summed E-state index contributed by atoms with van der Waals surface area (Å²) in [7, 11) is 1.95. The van der Waals surface area contributed by atoms with Gasteiger partial charge in [-0.15, -0.1) is 0 Å². The van der Waals surface area contributed by atoms with E-state index < -0.39 is 0 Å². The first-order valence-electron chi connectivity index (χ1n) is 8.48. The number of hydrogen-bond donors (Lipinski definition) is 0. The molecule has 1 fully saturated rings. The van der Waals surface area contributed by atoms with E-state index in [4.69, 9.17) is 0 Å². The Balaban J connectivity index is 1.61. The van der Waals surface area contributed by atoms with E-state index in [-0.39, 0.29) is 5.91 Å². The number of amides is 1. The minimum atomic E-state index is 0.192. The van der Waals surface area contributed by atoms with Gasteiger partial charge < -0.3 is 4.90 Å². The molecule has 122 valence electrons. The molecule has 0 aliphatic heterocycles. The van der Waals surface area contributed by atoms with Crippen LogP contribution in [0.5, 0.6) is 0 Å². The van der Waals surface area contributed by atoms with Gasteiger partial charge in [-0.2, -0.15) is 5.10 Å². The molecule has 23 heavy (non-hydrogen) atoms. The van der Waals surface area contributed by atoms with E-state index in [1.807, 2.05) is 53.2 Å². The highest BCUT2D eigenvalue weighted by Crippen LogP contribution is 2.26. The smallest absolute Gasteiger partial charge is 0.227 e. The number of carbonyl (C=O) groups excluding carboxylic acids is 1. The molecule has 1 aliphatic rings. The molecule has 0 atom stereocenters. The molecule has 0 radical (unpaired) electrons. The average molecular weight is 311 g/mol. The van der Waals surface area contributed by atoms with Gasteiger partial charge in [-0.1, -0.05) is 25.1 Å². The number of para-hydroxylation sites is 1. The minimum Gasteiger partial charge on any atom is -0.342 e. The van der Waals surface area contributed by atoms with E-state index in [0.29, 0.717) is 12.5 Å². The lowest BCUT2D eigenvalue weighted by Gasteiger charge is -2.33. The second-order valence-electron chi connectivity index (χ2n) is 6.72. The van der Waals surface area contributed by atoms with Crippen molar-refractivity contribution in [2.24, 2.45) is 5.92 Å². The molecule has 1 aliphatic carbocycles. The lowest BCUT2D eigenvalue weighted by Crippen LogP contribution is -2.40. The Morgan fingerprint density at radius 2 is 1.91 bits per heavy atom. The highest BCUT2D eigenvalue weighted by atomic mass is 16.2. The summed E-state index contributed by atoms with van der Waals surface area (Å²) in [5.41, 5.74) is 1.98. The predicted octanol–water partition coefficient (Wildman–Crippen LogP) is 3.45. The van der Waals surface area contributed by atoms with E-state index >= 15 is 0 Å². The van der Waals surface area contributed by atoms with Crippen LogP contribution in [0.2, 0.25) is 0 Å². The molecular formula is C19H25N3O. The number of likely N-dealkylation sites (N-methyl/N-ethyl adjacent to an activating group) is 1. The number of nitrogens with zero attached hydrogens (tertiary/aromatic N) is 3. The molecule has 0 bridgehead atoms. The summed E-state index contributed by atoms with van der Waals surface area (Å²) in [6.07, 6.45) is 8.89. The van der Waals surface area contributed by atoms with Crippen LogP contribution >= 0.6 is 0 Å². The normalized spacial score (nSPS) is 21.1. The van der Waals surface area contributed by atoms with Crippen LogP contribution in [0.25, 0.3) is 5.69 Å². The summed E-state index contributed by atoms with van der Waals surface area (Å²) < 4.78 is 1.82. The fourth-order valence-corrected chi connectivity index (χ4v) is 3.31. The average Bonchev–Trinajstić information content (AvgIpc) is 3.04. The van der Waals surface area contributed by atoms with Gasteiger partial charge in [0.25, 0.3) is 0 Å². The van der Waals surface area contributed by atoms with Crippen LogP contribution in [-0.4, -0.2) is 33.7 Å². The van der Waals surface area contributed by atoms with Crippen molar-refractivity contribution in [1.82, 2.24) is 14.7 Å². The van der Waals surface area contributed by atoms with Gasteiger partial charge in [-0.3, -0.25) is 4.79 Å². The van der Waals surface area contributed by atoms with E-state index in [2.05, 4.69) is 12.0 Å². The number of carbonyl (C=O) groups is 1. The van der Waals surface area contributed by atoms with E-state index in [0.717, 1.165) is 30.0 Å². The predicted molar refractivity (Wildman–Crippen MR) is 91.5 cm³/mol. The Kier molecular flexibility index (Phi) is 4.79. The third-order valence-electron chi connectivity index (χ3n) is 4.94. The molecule has 0 N–H and O–H groups in total. The van der Waals surface area contributed by atoms with Crippen molar-refractivity contribution in [1.29, 1.82) is 0 Å². The fourth-order valence-electron chi connectivity index (χ4n) is 3.31. The molecule has 3 rings (SSSR count). The highest BCUT2D eigenvalue weighted by Gasteiger charge is 2.24. The zero-order chi connectivity index (χ0) is 16.2. The second kappa shape index (κ2) is 6.99. The Hall–Kier alpha value is -2.10. The first-order valence-corrected chi connectivity index (χ1v) is 8.48. The maximum absolute atomic E-state index is 12.5. The van der Waals surface area contributed by atoms with Crippen molar-refractivity contribution in [3.8, 4) is 5.69 Å². The maximum Gasteiger partial charge on any atom is 0.227 e. The van der Waals surface area contributed by atoms with Gasteiger partial charge in [0.2, 0.25) is 5.91 Å². The molecule has 0 spiro atoms. The van der Waals surface area contributed by atoms with Crippen LogP contribution in [0.15, 0.2) is 42.7 Å². The van der Waals surface area contributed by atoms with E-state index in [9.17, 15) is 4.79 Å². The summed E-state index contributed by atoms with van der Waals surface area (Å²) in [4.78, 5) is 14.5. The molecule has 1 heterocycles. The molecule has 0 saturated heterocycles. The molecule has 2 aromatic rings. The summed E-state index contributed by atoms with van der Waals surface area (Å²) in [6.45, 7) is 2.30. The molecule has 1 saturated carbocycles. The van der Waals surface area contributed by atoms with Crippen molar-refractivity contribution in [2.75, 3.05) is 7.05 Å². The second-order valence-corrected chi connectivity index (χ2v) is 6.72. The molecule has 1 aromatic heterocycles. The van der Waals surface area contributed by atoms with Crippen molar-refractivity contribution >= 4 is 5.91 Å². The van der Waals surface area contributed by atoms with E-state index in [1.54, 1.807) is 6.20 Å². The summed E-state index contributed by atoms with van der Waals surface area (Å²) >= 11 is 0. The SMILES string of the molecule is CC1CCC(N(C)C(=O)Cc2cnn(-c3ccccc3)c2)CC1. The van der Waals surface area contributed by atoms with Crippen molar-refractivity contribution in [2.45, 2.75) is 45.1 Å². The van der Waals surface area contributed by atoms with Crippen LogP contribution in [0.3, 0.4) is 0 Å². The third kappa shape index (κ3) is 3.81. The summed E-state index contributed by atoms with van der Waals surface area (Å²) in [5.74, 6) is 0.996. The first-order chi connectivity index (χ1) is 11.1. The molecule has 0 unspecified atom stereocenters. The molecule has 4 nitrogen and oxygen atoms in total. The van der Waals surface area contributed by atoms with Gasteiger partial charge >= 0.3 is 0 Å². The number of rotatable bonds is 4. The third-order valence-corrected chi connectivity index (χ3v) is 4.94. The highest BCUT2D eigenvalue weighted by molar-refractivity contribution is 5.78. The van der Waals surface area contributed by atoms with Crippen LogP contribution in [0.1, 0.15) is 38.2 Å². The molecule has 1 aromatic carbocycles. The molecule has 4 heteroatoms.